The predicted octanol–water partition coefficient (Wildman–Crippen LogP) is 2.67. The molecule has 0 spiro atoms. The zero-order chi connectivity index (χ0) is 18.8. The molecule has 2 aromatic carbocycles. The standard InChI is InChI=1S/C20H21N3O3/c1-2-8-17(15-9-4-3-5-10-15)20(25)23-22-19(24)14-26-18-12-7-6-11-16(18)13-21/h3-7,9-12,17H,2,8,14H2,1H3,(H,22,24)(H,23,25)/t17-/m0/s1. The lowest BCUT2D eigenvalue weighted by atomic mass is 9.94. The Hall–Kier alpha value is -3.33. The number of ether oxygens (including phenoxy) is 1. The summed E-state index contributed by atoms with van der Waals surface area (Å²) in [5.74, 6) is -0.787. The van der Waals surface area contributed by atoms with Gasteiger partial charge in [0.05, 0.1) is 11.5 Å². The van der Waals surface area contributed by atoms with Crippen LogP contribution in [0, 0.1) is 11.3 Å². The molecular formula is C20H21N3O3. The van der Waals surface area contributed by atoms with Gasteiger partial charge in [-0.25, -0.2) is 0 Å². The van der Waals surface area contributed by atoms with Crippen LogP contribution in [0.5, 0.6) is 5.75 Å². The summed E-state index contributed by atoms with van der Waals surface area (Å²) in [6.07, 6.45) is 1.52. The van der Waals surface area contributed by atoms with E-state index in [4.69, 9.17) is 10.00 Å². The molecule has 2 aromatic rings. The normalized spacial score (nSPS) is 11.1. The zero-order valence-corrected chi connectivity index (χ0v) is 14.6. The number of carbonyl (C=O) groups excluding carboxylic acids is 2. The molecule has 0 fully saturated rings. The number of amides is 2. The summed E-state index contributed by atoms with van der Waals surface area (Å²) in [7, 11) is 0. The van der Waals surface area contributed by atoms with E-state index in [0.29, 0.717) is 17.7 Å². The van der Waals surface area contributed by atoms with Gasteiger partial charge in [0, 0.05) is 0 Å². The lowest BCUT2D eigenvalue weighted by molar-refractivity contribution is -0.130. The summed E-state index contributed by atoms with van der Waals surface area (Å²) in [4.78, 5) is 24.3. The first kappa shape index (κ1) is 19.0. The van der Waals surface area contributed by atoms with Crippen molar-refractivity contribution in [2.45, 2.75) is 25.7 Å². The minimum atomic E-state index is -0.505. The largest absolute Gasteiger partial charge is 0.482 e. The van der Waals surface area contributed by atoms with Crippen molar-refractivity contribution in [1.29, 1.82) is 5.26 Å². The lowest BCUT2D eigenvalue weighted by Gasteiger charge is -2.17. The number of hydrazine groups is 1. The molecule has 2 amide bonds. The van der Waals surface area contributed by atoms with E-state index in [0.717, 1.165) is 12.0 Å². The second-order valence-corrected chi connectivity index (χ2v) is 5.69. The van der Waals surface area contributed by atoms with Gasteiger partial charge in [-0.3, -0.25) is 20.4 Å². The highest BCUT2D eigenvalue weighted by molar-refractivity contribution is 5.86. The third kappa shape index (κ3) is 5.35. The molecule has 2 N–H and O–H groups in total. The Labute approximate surface area is 152 Å². The van der Waals surface area contributed by atoms with E-state index in [1.165, 1.54) is 0 Å². The Bertz CT molecular complexity index is 784. The molecule has 0 radical (unpaired) electrons. The van der Waals surface area contributed by atoms with E-state index >= 15 is 0 Å². The zero-order valence-electron chi connectivity index (χ0n) is 14.6. The van der Waals surface area contributed by atoms with Crippen molar-refractivity contribution in [2.24, 2.45) is 0 Å². The van der Waals surface area contributed by atoms with Crippen molar-refractivity contribution in [2.75, 3.05) is 6.61 Å². The minimum Gasteiger partial charge on any atom is -0.482 e. The number of nitrogens with zero attached hydrogens (tertiary/aromatic N) is 1. The molecule has 0 aliphatic carbocycles. The lowest BCUT2D eigenvalue weighted by Crippen LogP contribution is -2.45. The molecule has 2 rings (SSSR count). The molecular weight excluding hydrogens is 330 g/mol. The van der Waals surface area contributed by atoms with Crippen LogP contribution in [0.1, 0.15) is 36.8 Å². The van der Waals surface area contributed by atoms with Gasteiger partial charge >= 0.3 is 0 Å². The third-order valence-corrected chi connectivity index (χ3v) is 3.79. The first-order valence-electron chi connectivity index (χ1n) is 8.41. The van der Waals surface area contributed by atoms with Crippen molar-refractivity contribution < 1.29 is 14.3 Å². The molecule has 134 valence electrons. The van der Waals surface area contributed by atoms with Crippen molar-refractivity contribution in [3.05, 3.63) is 65.7 Å². The van der Waals surface area contributed by atoms with Crippen LogP contribution >= 0.6 is 0 Å². The minimum absolute atomic E-state index is 0.274. The Morgan fingerprint density at radius 1 is 1.08 bits per heavy atom. The maximum Gasteiger partial charge on any atom is 0.276 e. The van der Waals surface area contributed by atoms with Crippen LogP contribution < -0.4 is 15.6 Å². The molecule has 0 aromatic heterocycles. The summed E-state index contributed by atoms with van der Waals surface area (Å²) in [6.45, 7) is 1.70. The van der Waals surface area contributed by atoms with Gasteiger partial charge in [-0.05, 0) is 24.1 Å². The highest BCUT2D eigenvalue weighted by Crippen LogP contribution is 2.21. The highest BCUT2D eigenvalue weighted by atomic mass is 16.5. The molecule has 0 aliphatic heterocycles. The second-order valence-electron chi connectivity index (χ2n) is 5.69. The topological polar surface area (TPSA) is 91.2 Å². The summed E-state index contributed by atoms with van der Waals surface area (Å²) < 4.78 is 5.33. The fourth-order valence-corrected chi connectivity index (χ4v) is 2.51. The SMILES string of the molecule is CCC[C@H](C(=O)NNC(=O)COc1ccccc1C#N)c1ccccc1. The second kappa shape index (κ2) is 9.84. The van der Waals surface area contributed by atoms with Crippen LogP contribution in [0.25, 0.3) is 0 Å². The Morgan fingerprint density at radius 3 is 2.46 bits per heavy atom. The Kier molecular flexibility index (Phi) is 7.19. The highest BCUT2D eigenvalue weighted by Gasteiger charge is 2.20. The Morgan fingerprint density at radius 2 is 1.77 bits per heavy atom. The molecule has 0 saturated carbocycles. The van der Waals surface area contributed by atoms with Crippen LogP contribution in [0.2, 0.25) is 0 Å². The summed E-state index contributed by atoms with van der Waals surface area (Å²) in [6, 6.07) is 18.1. The smallest absolute Gasteiger partial charge is 0.276 e. The fraction of sp³-hybridized carbons (Fsp3) is 0.250. The predicted molar refractivity (Wildman–Crippen MR) is 97.0 cm³/mol. The number of benzene rings is 2. The van der Waals surface area contributed by atoms with E-state index in [1.807, 2.05) is 43.3 Å². The van der Waals surface area contributed by atoms with E-state index in [2.05, 4.69) is 10.9 Å². The van der Waals surface area contributed by atoms with Crippen LogP contribution in [0.3, 0.4) is 0 Å². The summed E-state index contributed by atoms with van der Waals surface area (Å²) in [5.41, 5.74) is 6.05. The van der Waals surface area contributed by atoms with Gasteiger partial charge in [-0.1, -0.05) is 55.8 Å². The molecule has 0 aliphatic rings. The van der Waals surface area contributed by atoms with Gasteiger partial charge in [0.15, 0.2) is 6.61 Å². The molecule has 6 nitrogen and oxygen atoms in total. The summed E-state index contributed by atoms with van der Waals surface area (Å²) in [5, 5.41) is 8.99. The Balaban J connectivity index is 1.87. The molecule has 1 atom stereocenters. The van der Waals surface area contributed by atoms with E-state index < -0.39 is 5.91 Å². The van der Waals surface area contributed by atoms with Crippen LogP contribution in [0.15, 0.2) is 54.6 Å². The van der Waals surface area contributed by atoms with Gasteiger partial charge in [0.1, 0.15) is 11.8 Å². The first-order chi connectivity index (χ1) is 12.7. The maximum atomic E-state index is 12.4. The molecule has 0 unspecified atom stereocenters. The van der Waals surface area contributed by atoms with Gasteiger partial charge in [-0.2, -0.15) is 5.26 Å². The van der Waals surface area contributed by atoms with Crippen LogP contribution in [-0.4, -0.2) is 18.4 Å². The van der Waals surface area contributed by atoms with Crippen molar-refractivity contribution in [3.63, 3.8) is 0 Å². The summed E-state index contributed by atoms with van der Waals surface area (Å²) >= 11 is 0. The number of hydrogen-bond donors (Lipinski definition) is 2. The van der Waals surface area contributed by atoms with E-state index in [-0.39, 0.29) is 18.4 Å². The maximum absolute atomic E-state index is 12.4. The van der Waals surface area contributed by atoms with Gasteiger partial charge in [-0.15, -0.1) is 0 Å². The average Bonchev–Trinajstić information content (AvgIpc) is 2.69. The number of hydrogen-bond acceptors (Lipinski definition) is 4. The van der Waals surface area contributed by atoms with E-state index in [9.17, 15) is 9.59 Å². The number of nitrogens with one attached hydrogen (secondary N) is 2. The quantitative estimate of drug-likeness (QED) is 0.750. The first-order valence-corrected chi connectivity index (χ1v) is 8.41. The van der Waals surface area contributed by atoms with Crippen molar-refractivity contribution in [3.8, 4) is 11.8 Å². The number of carbonyl (C=O) groups is 2. The third-order valence-electron chi connectivity index (χ3n) is 3.79. The van der Waals surface area contributed by atoms with Crippen molar-refractivity contribution >= 4 is 11.8 Å². The molecule has 0 heterocycles. The number of para-hydroxylation sites is 1. The van der Waals surface area contributed by atoms with Gasteiger partial charge in [0.2, 0.25) is 5.91 Å². The molecule has 0 bridgehead atoms. The van der Waals surface area contributed by atoms with Gasteiger partial charge < -0.3 is 4.74 Å². The van der Waals surface area contributed by atoms with Crippen molar-refractivity contribution in [1.82, 2.24) is 10.9 Å². The molecule has 26 heavy (non-hydrogen) atoms. The number of nitriles is 1. The van der Waals surface area contributed by atoms with Crippen LogP contribution in [0.4, 0.5) is 0 Å². The van der Waals surface area contributed by atoms with Gasteiger partial charge in [0.25, 0.3) is 5.91 Å². The van der Waals surface area contributed by atoms with E-state index in [1.54, 1.807) is 24.3 Å². The molecule has 6 heteroatoms. The fourth-order valence-electron chi connectivity index (χ4n) is 2.51. The van der Waals surface area contributed by atoms with Crippen LogP contribution in [-0.2, 0) is 9.59 Å². The monoisotopic (exact) mass is 351 g/mol. The average molecular weight is 351 g/mol. The molecule has 0 saturated heterocycles. The number of rotatable bonds is 7.